The molecule has 0 radical (unpaired) electrons. The van der Waals surface area contributed by atoms with Crippen LogP contribution in [-0.4, -0.2) is 33.7 Å². The van der Waals surface area contributed by atoms with Crippen molar-refractivity contribution in [1.82, 2.24) is 9.78 Å². The Morgan fingerprint density at radius 2 is 2.35 bits per heavy atom. The van der Waals surface area contributed by atoms with Gasteiger partial charge < -0.3 is 4.74 Å². The van der Waals surface area contributed by atoms with Crippen molar-refractivity contribution in [3.05, 3.63) is 20.4 Å². The summed E-state index contributed by atoms with van der Waals surface area (Å²) < 4.78 is 6.78. The molecule has 17 heavy (non-hydrogen) atoms. The van der Waals surface area contributed by atoms with Gasteiger partial charge in [0.15, 0.2) is 5.78 Å². The Morgan fingerprint density at radius 1 is 1.65 bits per heavy atom. The minimum atomic E-state index is -0.492. The zero-order valence-corrected chi connectivity index (χ0v) is 10.6. The summed E-state index contributed by atoms with van der Waals surface area (Å²) in [5.74, 6) is -0.0186. The van der Waals surface area contributed by atoms with Gasteiger partial charge in [0.25, 0.3) is 0 Å². The SMILES string of the molecule is Cc1c([N+](=O)[O-])c(Br)nn1C1COCC(=O)C1. The van der Waals surface area contributed by atoms with Crippen LogP contribution in [0.4, 0.5) is 5.69 Å². The van der Waals surface area contributed by atoms with Crippen molar-refractivity contribution in [2.75, 3.05) is 13.2 Å². The van der Waals surface area contributed by atoms with Crippen molar-refractivity contribution in [2.24, 2.45) is 0 Å². The molecular weight excluding hydrogens is 294 g/mol. The van der Waals surface area contributed by atoms with Crippen molar-refractivity contribution in [3.8, 4) is 0 Å². The first-order valence-corrected chi connectivity index (χ1v) is 5.78. The van der Waals surface area contributed by atoms with Crippen LogP contribution in [0.15, 0.2) is 4.60 Å². The molecule has 1 unspecified atom stereocenters. The fourth-order valence-electron chi connectivity index (χ4n) is 1.88. The third kappa shape index (κ3) is 2.22. The van der Waals surface area contributed by atoms with Gasteiger partial charge >= 0.3 is 5.69 Å². The number of halogens is 1. The third-order valence-electron chi connectivity index (χ3n) is 2.64. The van der Waals surface area contributed by atoms with E-state index in [1.54, 1.807) is 6.92 Å². The summed E-state index contributed by atoms with van der Waals surface area (Å²) >= 11 is 3.05. The van der Waals surface area contributed by atoms with Gasteiger partial charge in [-0.05, 0) is 22.9 Å². The first kappa shape index (κ1) is 12.2. The Balaban J connectivity index is 2.36. The smallest absolute Gasteiger partial charge is 0.324 e. The van der Waals surface area contributed by atoms with E-state index in [4.69, 9.17) is 4.74 Å². The summed E-state index contributed by atoms with van der Waals surface area (Å²) in [6.45, 7) is 2.06. The van der Waals surface area contributed by atoms with Crippen molar-refractivity contribution < 1.29 is 14.5 Å². The van der Waals surface area contributed by atoms with E-state index in [9.17, 15) is 14.9 Å². The molecule has 2 rings (SSSR count). The minimum Gasteiger partial charge on any atom is -0.371 e. The second kappa shape index (κ2) is 4.53. The number of hydrogen-bond acceptors (Lipinski definition) is 5. The second-order valence-electron chi connectivity index (χ2n) is 3.84. The van der Waals surface area contributed by atoms with Gasteiger partial charge in [-0.15, -0.1) is 0 Å². The van der Waals surface area contributed by atoms with Crippen LogP contribution in [0.1, 0.15) is 18.2 Å². The van der Waals surface area contributed by atoms with Gasteiger partial charge in [-0.2, -0.15) is 5.10 Å². The van der Waals surface area contributed by atoms with Crippen molar-refractivity contribution in [3.63, 3.8) is 0 Å². The summed E-state index contributed by atoms with van der Waals surface area (Å²) in [4.78, 5) is 21.6. The zero-order chi connectivity index (χ0) is 12.6. The van der Waals surface area contributed by atoms with Crippen LogP contribution < -0.4 is 0 Å². The van der Waals surface area contributed by atoms with E-state index in [1.807, 2.05) is 0 Å². The molecule has 7 nitrogen and oxygen atoms in total. The second-order valence-corrected chi connectivity index (χ2v) is 4.59. The van der Waals surface area contributed by atoms with E-state index in [1.165, 1.54) is 4.68 Å². The Bertz CT molecular complexity index is 485. The lowest BCUT2D eigenvalue weighted by Gasteiger charge is -2.22. The predicted octanol–water partition coefficient (Wildman–Crippen LogP) is 1.39. The molecule has 2 heterocycles. The maximum absolute atomic E-state index is 11.3. The predicted molar refractivity (Wildman–Crippen MR) is 60.8 cm³/mol. The molecular formula is C9H10BrN3O4. The average molecular weight is 304 g/mol. The topological polar surface area (TPSA) is 87.3 Å². The van der Waals surface area contributed by atoms with Crippen LogP contribution in [0.5, 0.6) is 0 Å². The lowest BCUT2D eigenvalue weighted by Crippen LogP contribution is -2.29. The molecule has 92 valence electrons. The fraction of sp³-hybridized carbons (Fsp3) is 0.556. The maximum atomic E-state index is 11.3. The van der Waals surface area contributed by atoms with E-state index in [-0.39, 0.29) is 28.7 Å². The molecule has 0 amide bonds. The van der Waals surface area contributed by atoms with Crippen LogP contribution in [0.3, 0.4) is 0 Å². The number of ketones is 1. The number of ether oxygens (including phenoxy) is 1. The maximum Gasteiger partial charge on any atom is 0.324 e. The minimum absolute atomic E-state index is 0.0186. The molecule has 1 aromatic heterocycles. The Morgan fingerprint density at radius 3 is 2.88 bits per heavy atom. The van der Waals surface area contributed by atoms with Gasteiger partial charge in [-0.25, -0.2) is 0 Å². The molecule has 0 spiro atoms. The number of carbonyl (C=O) groups excluding carboxylic acids is 1. The number of rotatable bonds is 2. The summed E-state index contributed by atoms with van der Waals surface area (Å²) in [5, 5.41) is 14.9. The quantitative estimate of drug-likeness (QED) is 0.608. The van der Waals surface area contributed by atoms with Crippen molar-refractivity contribution in [2.45, 2.75) is 19.4 Å². The normalized spacial score (nSPS) is 20.6. The zero-order valence-electron chi connectivity index (χ0n) is 9.05. The molecule has 0 aliphatic carbocycles. The summed E-state index contributed by atoms with van der Waals surface area (Å²) in [5.41, 5.74) is 0.355. The van der Waals surface area contributed by atoms with Gasteiger partial charge in [0.2, 0.25) is 4.60 Å². The molecule has 0 saturated carbocycles. The van der Waals surface area contributed by atoms with Crippen molar-refractivity contribution >= 4 is 27.4 Å². The molecule has 1 fully saturated rings. The van der Waals surface area contributed by atoms with Gasteiger partial charge in [-0.1, -0.05) is 0 Å². The molecule has 1 aliphatic rings. The van der Waals surface area contributed by atoms with Crippen LogP contribution in [-0.2, 0) is 9.53 Å². The first-order chi connectivity index (χ1) is 8.00. The summed E-state index contributed by atoms with van der Waals surface area (Å²) in [6, 6.07) is -0.263. The standard InChI is InChI=1S/C9H10BrN3O4/c1-5-8(13(15)16)9(10)11-12(5)6-2-7(14)4-17-3-6/h6H,2-4H2,1H3. The van der Waals surface area contributed by atoms with E-state index in [2.05, 4.69) is 21.0 Å². The summed E-state index contributed by atoms with van der Waals surface area (Å²) in [6.07, 6.45) is 0.298. The van der Waals surface area contributed by atoms with Gasteiger partial charge in [0, 0.05) is 6.42 Å². The first-order valence-electron chi connectivity index (χ1n) is 4.99. The van der Waals surface area contributed by atoms with E-state index in [0.717, 1.165) is 0 Å². The lowest BCUT2D eigenvalue weighted by atomic mass is 10.1. The molecule has 0 bridgehead atoms. The van der Waals surface area contributed by atoms with E-state index < -0.39 is 4.92 Å². The number of hydrogen-bond donors (Lipinski definition) is 0. The molecule has 1 aliphatic heterocycles. The Hall–Kier alpha value is -1.28. The van der Waals surface area contributed by atoms with Gasteiger partial charge in [-0.3, -0.25) is 19.6 Å². The average Bonchev–Trinajstić information content (AvgIpc) is 2.54. The fourth-order valence-corrected chi connectivity index (χ4v) is 2.49. The highest BCUT2D eigenvalue weighted by atomic mass is 79.9. The molecule has 0 N–H and O–H groups in total. The number of carbonyl (C=O) groups is 1. The number of aromatic nitrogens is 2. The highest BCUT2D eigenvalue weighted by molar-refractivity contribution is 9.10. The number of Topliss-reactive ketones (excluding diaryl/α,β-unsaturated/α-hetero) is 1. The van der Waals surface area contributed by atoms with Crippen molar-refractivity contribution in [1.29, 1.82) is 0 Å². The number of nitrogens with zero attached hydrogens (tertiary/aromatic N) is 3. The lowest BCUT2D eigenvalue weighted by molar-refractivity contribution is -0.386. The Kier molecular flexibility index (Phi) is 3.25. The molecule has 8 heteroatoms. The molecule has 1 saturated heterocycles. The largest absolute Gasteiger partial charge is 0.371 e. The van der Waals surface area contributed by atoms with Gasteiger partial charge in [0.1, 0.15) is 12.3 Å². The van der Waals surface area contributed by atoms with Gasteiger partial charge in [0.05, 0.1) is 17.6 Å². The molecule has 1 atom stereocenters. The monoisotopic (exact) mass is 303 g/mol. The molecule has 1 aromatic rings. The highest BCUT2D eigenvalue weighted by Gasteiger charge is 2.29. The van der Waals surface area contributed by atoms with Crippen LogP contribution in [0, 0.1) is 17.0 Å². The van der Waals surface area contributed by atoms with E-state index in [0.29, 0.717) is 18.7 Å². The number of nitro groups is 1. The summed E-state index contributed by atoms with van der Waals surface area (Å²) in [7, 11) is 0. The van der Waals surface area contributed by atoms with E-state index >= 15 is 0 Å². The molecule has 0 aromatic carbocycles. The van der Waals surface area contributed by atoms with Crippen LogP contribution in [0.2, 0.25) is 0 Å². The highest BCUT2D eigenvalue weighted by Crippen LogP contribution is 2.31. The van der Waals surface area contributed by atoms with Crippen LogP contribution >= 0.6 is 15.9 Å². The Labute approximate surface area is 105 Å². The third-order valence-corrected chi connectivity index (χ3v) is 3.18. The van der Waals surface area contributed by atoms with Crippen LogP contribution in [0.25, 0.3) is 0 Å².